The third kappa shape index (κ3) is 7.24. The minimum absolute atomic E-state index is 0.207. The zero-order valence-electron chi connectivity index (χ0n) is 12.3. The van der Waals surface area contributed by atoms with Crippen molar-refractivity contribution in [3.05, 3.63) is 41.5 Å². The molecule has 0 amide bonds. The van der Waals surface area contributed by atoms with E-state index in [0.29, 0.717) is 6.04 Å². The Labute approximate surface area is 119 Å². The van der Waals surface area contributed by atoms with E-state index in [-0.39, 0.29) is 5.75 Å². The molecule has 0 spiro atoms. The first-order valence-corrected chi connectivity index (χ1v) is 6.88. The predicted molar refractivity (Wildman–Crippen MR) is 78.3 cm³/mol. The molecule has 1 rings (SSSR count). The fourth-order valence-electron chi connectivity index (χ4n) is 1.79. The molecule has 0 radical (unpaired) electrons. The molecule has 4 heteroatoms. The lowest BCUT2D eigenvalue weighted by atomic mass is 10.1. The van der Waals surface area contributed by atoms with Gasteiger partial charge in [-0.25, -0.2) is 0 Å². The van der Waals surface area contributed by atoms with Crippen LogP contribution in [0, 0.1) is 0 Å². The van der Waals surface area contributed by atoms with Crippen molar-refractivity contribution in [3.63, 3.8) is 0 Å². The van der Waals surface area contributed by atoms with Crippen LogP contribution in [0.3, 0.4) is 0 Å². The van der Waals surface area contributed by atoms with Gasteiger partial charge >= 0.3 is 6.61 Å². The second-order valence-corrected chi connectivity index (χ2v) is 5.15. The van der Waals surface area contributed by atoms with Gasteiger partial charge in [-0.2, -0.15) is 8.78 Å². The molecule has 0 aromatic heterocycles. The lowest BCUT2D eigenvalue weighted by molar-refractivity contribution is -0.0498. The molecule has 1 unspecified atom stereocenters. The molecule has 112 valence electrons. The number of alkyl halides is 2. The SMILES string of the molecule is CC(C)=CCNC(C)CCc1ccc(OC(F)F)cc1. The Morgan fingerprint density at radius 1 is 1.25 bits per heavy atom. The van der Waals surface area contributed by atoms with E-state index in [1.165, 1.54) is 5.57 Å². The van der Waals surface area contributed by atoms with Crippen LogP contribution >= 0.6 is 0 Å². The van der Waals surface area contributed by atoms with E-state index in [2.05, 4.69) is 36.9 Å². The zero-order chi connectivity index (χ0) is 15.0. The van der Waals surface area contributed by atoms with Crippen LogP contribution in [-0.2, 0) is 6.42 Å². The summed E-state index contributed by atoms with van der Waals surface area (Å²) in [5, 5.41) is 3.42. The molecular formula is C16H23F2NO. The highest BCUT2D eigenvalue weighted by Gasteiger charge is 2.05. The van der Waals surface area contributed by atoms with E-state index in [9.17, 15) is 8.78 Å². The van der Waals surface area contributed by atoms with Gasteiger partial charge in [-0.05, 0) is 51.3 Å². The molecular weight excluding hydrogens is 260 g/mol. The molecule has 1 N–H and O–H groups in total. The van der Waals surface area contributed by atoms with Crippen LogP contribution in [0.2, 0.25) is 0 Å². The molecule has 0 aliphatic carbocycles. The molecule has 1 aromatic rings. The van der Waals surface area contributed by atoms with Crippen molar-refractivity contribution in [1.82, 2.24) is 5.32 Å². The summed E-state index contributed by atoms with van der Waals surface area (Å²) in [5.74, 6) is 0.207. The summed E-state index contributed by atoms with van der Waals surface area (Å²) in [7, 11) is 0. The average molecular weight is 283 g/mol. The number of hydrogen-bond donors (Lipinski definition) is 1. The summed E-state index contributed by atoms with van der Waals surface area (Å²) in [5.41, 5.74) is 2.43. The lowest BCUT2D eigenvalue weighted by Gasteiger charge is -2.12. The van der Waals surface area contributed by atoms with Crippen molar-refractivity contribution >= 4 is 0 Å². The smallest absolute Gasteiger partial charge is 0.387 e. The van der Waals surface area contributed by atoms with E-state index in [1.54, 1.807) is 12.1 Å². The van der Waals surface area contributed by atoms with E-state index in [4.69, 9.17) is 0 Å². The van der Waals surface area contributed by atoms with E-state index < -0.39 is 6.61 Å². The van der Waals surface area contributed by atoms with Crippen molar-refractivity contribution in [2.45, 2.75) is 46.3 Å². The number of ether oxygens (including phenoxy) is 1. The number of rotatable bonds is 8. The highest BCUT2D eigenvalue weighted by atomic mass is 19.3. The van der Waals surface area contributed by atoms with E-state index in [1.807, 2.05) is 12.1 Å². The van der Waals surface area contributed by atoms with Gasteiger partial charge in [-0.1, -0.05) is 23.8 Å². The van der Waals surface area contributed by atoms with Crippen LogP contribution < -0.4 is 10.1 Å². The molecule has 1 aromatic carbocycles. The van der Waals surface area contributed by atoms with Crippen LogP contribution in [0.5, 0.6) is 5.75 Å². The molecule has 0 aliphatic heterocycles. The van der Waals surface area contributed by atoms with Crippen LogP contribution in [0.15, 0.2) is 35.9 Å². The van der Waals surface area contributed by atoms with E-state index >= 15 is 0 Å². The summed E-state index contributed by atoms with van der Waals surface area (Å²) in [6.45, 7) is 4.42. The monoisotopic (exact) mass is 283 g/mol. The van der Waals surface area contributed by atoms with E-state index in [0.717, 1.165) is 24.9 Å². The van der Waals surface area contributed by atoms with Crippen LogP contribution in [0.1, 0.15) is 32.8 Å². The molecule has 2 nitrogen and oxygen atoms in total. The van der Waals surface area contributed by atoms with Crippen LogP contribution in [0.25, 0.3) is 0 Å². The van der Waals surface area contributed by atoms with Crippen molar-refractivity contribution in [2.24, 2.45) is 0 Å². The summed E-state index contributed by atoms with van der Waals surface area (Å²) in [4.78, 5) is 0. The second kappa shape index (κ2) is 8.69. The molecule has 1 atom stereocenters. The maximum absolute atomic E-state index is 12.0. The largest absolute Gasteiger partial charge is 0.435 e. The quantitative estimate of drug-likeness (QED) is 0.723. The highest BCUT2D eigenvalue weighted by Crippen LogP contribution is 2.16. The lowest BCUT2D eigenvalue weighted by Crippen LogP contribution is -2.26. The molecule has 0 aliphatic rings. The maximum atomic E-state index is 12.0. The van der Waals surface area contributed by atoms with Gasteiger partial charge in [0.25, 0.3) is 0 Å². The maximum Gasteiger partial charge on any atom is 0.387 e. The fourth-order valence-corrected chi connectivity index (χ4v) is 1.79. The van der Waals surface area contributed by atoms with Crippen molar-refractivity contribution in [1.29, 1.82) is 0 Å². The molecule has 0 fully saturated rings. The number of hydrogen-bond acceptors (Lipinski definition) is 2. The van der Waals surface area contributed by atoms with Crippen LogP contribution in [-0.4, -0.2) is 19.2 Å². The molecule has 0 heterocycles. The topological polar surface area (TPSA) is 21.3 Å². The second-order valence-electron chi connectivity index (χ2n) is 5.15. The summed E-state index contributed by atoms with van der Waals surface area (Å²) < 4.78 is 28.3. The van der Waals surface area contributed by atoms with Gasteiger partial charge in [0.05, 0.1) is 0 Å². The number of allylic oxidation sites excluding steroid dienone is 1. The van der Waals surface area contributed by atoms with Gasteiger partial charge in [0, 0.05) is 12.6 Å². The van der Waals surface area contributed by atoms with Gasteiger partial charge in [-0.3, -0.25) is 0 Å². The average Bonchev–Trinajstić information content (AvgIpc) is 2.37. The number of nitrogens with one attached hydrogen (secondary N) is 1. The van der Waals surface area contributed by atoms with Gasteiger partial charge in [0.15, 0.2) is 0 Å². The fraction of sp³-hybridized carbons (Fsp3) is 0.500. The zero-order valence-corrected chi connectivity index (χ0v) is 12.3. The number of halogens is 2. The number of benzene rings is 1. The first-order valence-electron chi connectivity index (χ1n) is 6.88. The van der Waals surface area contributed by atoms with Crippen molar-refractivity contribution < 1.29 is 13.5 Å². The molecule has 0 saturated heterocycles. The first-order chi connectivity index (χ1) is 9.47. The summed E-state index contributed by atoms with van der Waals surface area (Å²) in [6.07, 6.45) is 4.08. The Balaban J connectivity index is 2.32. The Kier molecular flexibility index (Phi) is 7.23. The summed E-state index contributed by atoms with van der Waals surface area (Å²) in [6, 6.07) is 7.26. The Bertz CT molecular complexity index is 411. The third-order valence-electron chi connectivity index (χ3n) is 2.99. The third-order valence-corrected chi connectivity index (χ3v) is 2.99. The van der Waals surface area contributed by atoms with Crippen molar-refractivity contribution in [3.8, 4) is 5.75 Å². The van der Waals surface area contributed by atoms with Gasteiger partial charge in [0.2, 0.25) is 0 Å². The Morgan fingerprint density at radius 2 is 1.90 bits per heavy atom. The van der Waals surface area contributed by atoms with Gasteiger partial charge in [0.1, 0.15) is 5.75 Å². The summed E-state index contributed by atoms with van der Waals surface area (Å²) >= 11 is 0. The minimum Gasteiger partial charge on any atom is -0.435 e. The first kappa shape index (κ1) is 16.6. The van der Waals surface area contributed by atoms with Gasteiger partial charge < -0.3 is 10.1 Å². The molecule has 20 heavy (non-hydrogen) atoms. The molecule has 0 saturated carbocycles. The standard InChI is InChI=1S/C16H23F2NO/c1-12(2)10-11-19-13(3)4-5-14-6-8-15(9-7-14)20-16(17)18/h6-10,13,16,19H,4-5,11H2,1-3H3. The van der Waals surface area contributed by atoms with Crippen molar-refractivity contribution in [2.75, 3.05) is 6.54 Å². The normalized spacial score (nSPS) is 12.3. The number of aryl methyl sites for hydroxylation is 1. The van der Waals surface area contributed by atoms with Gasteiger partial charge in [-0.15, -0.1) is 0 Å². The van der Waals surface area contributed by atoms with Crippen LogP contribution in [0.4, 0.5) is 8.78 Å². The predicted octanol–water partition coefficient (Wildman–Crippen LogP) is 4.16. The molecule has 0 bridgehead atoms. The Hall–Kier alpha value is -1.42. The highest BCUT2D eigenvalue weighted by molar-refractivity contribution is 5.27. The Morgan fingerprint density at radius 3 is 2.45 bits per heavy atom. The minimum atomic E-state index is -2.76.